The predicted octanol–water partition coefficient (Wildman–Crippen LogP) is 3.25. The van der Waals surface area contributed by atoms with E-state index in [1.54, 1.807) is 25.3 Å². The van der Waals surface area contributed by atoms with Crippen LogP contribution in [0.15, 0.2) is 51.7 Å². The number of carbonyl (C=O) groups is 1. The Kier molecular flexibility index (Phi) is 5.81. The van der Waals surface area contributed by atoms with E-state index in [0.717, 1.165) is 16.7 Å². The Bertz CT molecular complexity index is 1340. The Balaban J connectivity index is 1.75. The standard InChI is InChI=1S/C24H25NO6S/c1-15-4-9-20-21(26)12-22(31-23(20)16(15)2)24(27)25(18-10-11-32(28,29)14-18)13-17-5-7-19(30-3)8-6-17/h4-9,12,18H,10-11,13-14H2,1-3H3/t18-/m1/s1. The number of aryl methyl sites for hydroxylation is 2. The molecule has 4 rings (SSSR count). The molecule has 0 N–H and O–H groups in total. The fraction of sp³-hybridized carbons (Fsp3) is 0.333. The van der Waals surface area contributed by atoms with Crippen LogP contribution in [0.25, 0.3) is 11.0 Å². The number of amides is 1. The summed E-state index contributed by atoms with van der Waals surface area (Å²) in [5.74, 6) is 0.0211. The van der Waals surface area contributed by atoms with Gasteiger partial charge < -0.3 is 14.1 Å². The Hall–Kier alpha value is -3.13. The van der Waals surface area contributed by atoms with E-state index in [2.05, 4.69) is 0 Å². The second kappa shape index (κ2) is 8.43. The Labute approximate surface area is 186 Å². The molecule has 1 aromatic heterocycles. The minimum atomic E-state index is -3.22. The lowest BCUT2D eigenvalue weighted by molar-refractivity contribution is 0.0648. The van der Waals surface area contributed by atoms with Crippen LogP contribution in [-0.4, -0.2) is 43.9 Å². The van der Waals surface area contributed by atoms with E-state index in [-0.39, 0.29) is 29.2 Å². The first-order chi connectivity index (χ1) is 15.2. The minimum Gasteiger partial charge on any atom is -0.497 e. The lowest BCUT2D eigenvalue weighted by Gasteiger charge is -2.28. The maximum atomic E-state index is 13.5. The van der Waals surface area contributed by atoms with Crippen LogP contribution in [-0.2, 0) is 16.4 Å². The second-order valence-corrected chi connectivity index (χ2v) is 10.4. The third-order valence-corrected chi connectivity index (χ3v) is 7.80. The zero-order valence-electron chi connectivity index (χ0n) is 18.3. The molecule has 1 saturated heterocycles. The SMILES string of the molecule is COc1ccc(CN(C(=O)c2cc(=O)c3ccc(C)c(C)c3o2)[C@@H]2CCS(=O)(=O)C2)cc1. The van der Waals surface area contributed by atoms with Crippen LogP contribution in [0.1, 0.15) is 33.7 Å². The largest absolute Gasteiger partial charge is 0.497 e. The maximum absolute atomic E-state index is 13.5. The molecule has 32 heavy (non-hydrogen) atoms. The van der Waals surface area contributed by atoms with Crippen LogP contribution in [0.3, 0.4) is 0 Å². The molecule has 1 aliphatic rings. The van der Waals surface area contributed by atoms with Gasteiger partial charge in [-0.05, 0) is 55.2 Å². The molecule has 8 heteroatoms. The molecule has 0 radical (unpaired) electrons. The van der Waals surface area contributed by atoms with E-state index in [9.17, 15) is 18.0 Å². The van der Waals surface area contributed by atoms with E-state index in [4.69, 9.17) is 9.15 Å². The van der Waals surface area contributed by atoms with Gasteiger partial charge in [-0.3, -0.25) is 9.59 Å². The average molecular weight is 456 g/mol. The third kappa shape index (κ3) is 4.27. The fourth-order valence-electron chi connectivity index (χ4n) is 4.01. The molecule has 0 saturated carbocycles. The van der Waals surface area contributed by atoms with Crippen LogP contribution in [0, 0.1) is 13.8 Å². The summed E-state index contributed by atoms with van der Waals surface area (Å²) in [6.07, 6.45) is 0.347. The van der Waals surface area contributed by atoms with Crippen molar-refractivity contribution in [3.05, 3.63) is 75.1 Å². The van der Waals surface area contributed by atoms with Crippen molar-refractivity contribution in [3.63, 3.8) is 0 Å². The van der Waals surface area contributed by atoms with Crippen molar-refractivity contribution in [2.24, 2.45) is 0 Å². The van der Waals surface area contributed by atoms with Crippen LogP contribution >= 0.6 is 0 Å². The number of methoxy groups -OCH3 is 1. The number of hydrogen-bond acceptors (Lipinski definition) is 6. The van der Waals surface area contributed by atoms with Gasteiger partial charge >= 0.3 is 0 Å². The first-order valence-corrected chi connectivity index (χ1v) is 12.2. The molecular weight excluding hydrogens is 430 g/mol. The van der Waals surface area contributed by atoms with Gasteiger partial charge in [0.2, 0.25) is 0 Å². The van der Waals surface area contributed by atoms with Crippen LogP contribution in [0.5, 0.6) is 5.75 Å². The summed E-state index contributed by atoms with van der Waals surface area (Å²) in [5.41, 5.74) is 2.63. The molecule has 0 spiro atoms. The predicted molar refractivity (Wildman–Crippen MR) is 122 cm³/mol. The molecule has 2 heterocycles. The number of ether oxygens (including phenoxy) is 1. The summed E-state index contributed by atoms with van der Waals surface area (Å²) >= 11 is 0. The molecule has 2 aromatic carbocycles. The molecule has 1 aliphatic heterocycles. The summed E-state index contributed by atoms with van der Waals surface area (Å²) in [4.78, 5) is 27.7. The summed E-state index contributed by atoms with van der Waals surface area (Å²) in [7, 11) is -1.65. The highest BCUT2D eigenvalue weighted by Gasteiger charge is 2.36. The number of sulfone groups is 1. The molecular formula is C24H25NO6S. The number of benzene rings is 2. The highest BCUT2D eigenvalue weighted by molar-refractivity contribution is 7.91. The van der Waals surface area contributed by atoms with Crippen molar-refractivity contribution in [3.8, 4) is 5.75 Å². The van der Waals surface area contributed by atoms with Crippen molar-refractivity contribution in [2.75, 3.05) is 18.6 Å². The van der Waals surface area contributed by atoms with Crippen LogP contribution in [0.4, 0.5) is 0 Å². The lowest BCUT2D eigenvalue weighted by Crippen LogP contribution is -2.40. The third-order valence-electron chi connectivity index (χ3n) is 6.05. The number of rotatable bonds is 5. The highest BCUT2D eigenvalue weighted by Crippen LogP contribution is 2.25. The van der Waals surface area contributed by atoms with E-state index in [1.807, 2.05) is 32.0 Å². The Morgan fingerprint density at radius 3 is 2.50 bits per heavy atom. The first-order valence-electron chi connectivity index (χ1n) is 10.4. The van der Waals surface area contributed by atoms with Gasteiger partial charge in [0.1, 0.15) is 11.3 Å². The van der Waals surface area contributed by atoms with Crippen LogP contribution in [0.2, 0.25) is 0 Å². The Morgan fingerprint density at radius 1 is 1.16 bits per heavy atom. The molecule has 0 bridgehead atoms. The highest BCUT2D eigenvalue weighted by atomic mass is 32.2. The quantitative estimate of drug-likeness (QED) is 0.586. The summed E-state index contributed by atoms with van der Waals surface area (Å²) in [6, 6.07) is 11.5. The van der Waals surface area contributed by atoms with Crippen molar-refractivity contribution in [1.82, 2.24) is 4.90 Å². The van der Waals surface area contributed by atoms with E-state index >= 15 is 0 Å². The molecule has 7 nitrogen and oxygen atoms in total. The molecule has 0 aliphatic carbocycles. The fourth-order valence-corrected chi connectivity index (χ4v) is 5.75. The normalized spacial score (nSPS) is 17.4. The van der Waals surface area contributed by atoms with E-state index < -0.39 is 21.8 Å². The molecule has 168 valence electrons. The lowest BCUT2D eigenvalue weighted by atomic mass is 10.1. The van der Waals surface area contributed by atoms with Gasteiger partial charge in [-0.1, -0.05) is 18.2 Å². The van der Waals surface area contributed by atoms with Crippen molar-refractivity contribution >= 4 is 26.7 Å². The van der Waals surface area contributed by atoms with Gasteiger partial charge in [0, 0.05) is 18.7 Å². The van der Waals surface area contributed by atoms with Gasteiger partial charge in [0.15, 0.2) is 21.0 Å². The molecule has 3 aromatic rings. The number of nitrogens with zero attached hydrogens (tertiary/aromatic N) is 1. The summed E-state index contributed by atoms with van der Waals surface area (Å²) in [6.45, 7) is 3.94. The van der Waals surface area contributed by atoms with Gasteiger partial charge in [0.25, 0.3) is 5.91 Å². The van der Waals surface area contributed by atoms with Gasteiger partial charge in [-0.2, -0.15) is 0 Å². The minimum absolute atomic E-state index is 0.0318. The first kappa shape index (κ1) is 22.1. The number of carbonyl (C=O) groups excluding carboxylic acids is 1. The van der Waals surface area contributed by atoms with Crippen molar-refractivity contribution in [2.45, 2.75) is 32.9 Å². The van der Waals surface area contributed by atoms with Crippen molar-refractivity contribution < 1.29 is 22.4 Å². The van der Waals surface area contributed by atoms with E-state index in [0.29, 0.717) is 23.1 Å². The molecule has 1 atom stereocenters. The number of fused-ring (bicyclic) bond motifs is 1. The maximum Gasteiger partial charge on any atom is 0.290 e. The second-order valence-electron chi connectivity index (χ2n) is 8.20. The monoisotopic (exact) mass is 455 g/mol. The number of hydrogen-bond donors (Lipinski definition) is 0. The summed E-state index contributed by atoms with van der Waals surface area (Å²) < 4.78 is 35.4. The van der Waals surface area contributed by atoms with Gasteiger partial charge in [0.05, 0.1) is 24.0 Å². The van der Waals surface area contributed by atoms with Gasteiger partial charge in [-0.15, -0.1) is 0 Å². The van der Waals surface area contributed by atoms with Crippen molar-refractivity contribution in [1.29, 1.82) is 0 Å². The molecule has 1 fully saturated rings. The topological polar surface area (TPSA) is 93.9 Å². The average Bonchev–Trinajstić information content (AvgIpc) is 3.14. The van der Waals surface area contributed by atoms with Gasteiger partial charge in [-0.25, -0.2) is 8.42 Å². The van der Waals surface area contributed by atoms with E-state index in [1.165, 1.54) is 11.0 Å². The smallest absolute Gasteiger partial charge is 0.290 e. The molecule has 0 unspecified atom stereocenters. The zero-order valence-corrected chi connectivity index (χ0v) is 19.1. The Morgan fingerprint density at radius 2 is 1.88 bits per heavy atom. The zero-order chi connectivity index (χ0) is 23.0. The summed E-state index contributed by atoms with van der Waals surface area (Å²) in [5, 5.41) is 0.412. The molecule has 1 amide bonds. The van der Waals surface area contributed by atoms with Crippen LogP contribution < -0.4 is 10.2 Å².